The van der Waals surface area contributed by atoms with Crippen LogP contribution < -0.4 is 5.56 Å². The molecule has 8 heteroatoms. The van der Waals surface area contributed by atoms with Crippen molar-refractivity contribution in [2.75, 3.05) is 0 Å². The number of aromatic nitrogens is 2. The Morgan fingerprint density at radius 1 is 1.11 bits per heavy atom. The van der Waals surface area contributed by atoms with Crippen LogP contribution in [0.15, 0.2) is 23.0 Å². The molecule has 37 heavy (non-hydrogen) atoms. The molecule has 3 aromatic rings. The molecule has 4 heterocycles. The average molecular weight is 509 g/mol. The van der Waals surface area contributed by atoms with Crippen LogP contribution in [0.1, 0.15) is 80.5 Å². The first kappa shape index (κ1) is 24.2. The first-order valence-electron chi connectivity index (χ1n) is 13.2. The molecule has 0 unspecified atom stereocenters. The van der Waals surface area contributed by atoms with E-state index in [1.807, 2.05) is 0 Å². The number of cyclic esters (lactones) is 1. The number of aliphatic hydroxyl groups is 1. The van der Waals surface area contributed by atoms with Crippen molar-refractivity contribution in [1.82, 2.24) is 9.55 Å². The molecule has 6 nitrogen and oxygen atoms in total. The number of hydrogen-bond donors (Lipinski definition) is 1. The molecule has 1 aromatic carbocycles. The van der Waals surface area contributed by atoms with E-state index in [1.54, 1.807) is 17.6 Å². The molecule has 0 spiro atoms. The molecule has 194 valence electrons. The van der Waals surface area contributed by atoms with Crippen molar-refractivity contribution in [3.8, 4) is 11.4 Å². The maximum absolute atomic E-state index is 14.4. The lowest BCUT2D eigenvalue weighted by atomic mass is 9.84. The molecular formula is C29H30F2N2O4. The summed E-state index contributed by atoms with van der Waals surface area (Å²) in [6.45, 7) is 1.80. The van der Waals surface area contributed by atoms with Gasteiger partial charge in [-0.2, -0.15) is 0 Å². The van der Waals surface area contributed by atoms with E-state index >= 15 is 0 Å². The summed E-state index contributed by atoms with van der Waals surface area (Å²) in [5.41, 5.74) is 1.92. The Balaban J connectivity index is 1.53. The summed E-state index contributed by atoms with van der Waals surface area (Å²) in [6, 6.07) is 4.08. The third-order valence-electron chi connectivity index (χ3n) is 8.63. The van der Waals surface area contributed by atoms with E-state index in [1.165, 1.54) is 38.2 Å². The van der Waals surface area contributed by atoms with Crippen LogP contribution in [0.4, 0.5) is 8.78 Å². The lowest BCUT2D eigenvalue weighted by Gasteiger charge is -2.26. The van der Waals surface area contributed by atoms with Gasteiger partial charge in [-0.05, 0) is 48.4 Å². The van der Waals surface area contributed by atoms with Crippen LogP contribution >= 0.6 is 0 Å². The first-order valence-corrected chi connectivity index (χ1v) is 13.2. The fourth-order valence-corrected chi connectivity index (χ4v) is 6.46. The molecule has 2 aromatic heterocycles. The smallest absolute Gasteiger partial charge is 0.309 e. The zero-order valence-corrected chi connectivity index (χ0v) is 20.9. The van der Waals surface area contributed by atoms with Gasteiger partial charge in [-0.25, -0.2) is 13.8 Å². The SMILES string of the molecule is CC[C@@]1(O)CC(=O)OCc2c1cc1n(c2=O)Cc2c-1nc1cc(F)c(F)cc1c2CCC1CCCCC1. The fourth-order valence-electron chi connectivity index (χ4n) is 6.46. The molecule has 0 bridgehead atoms. The van der Waals surface area contributed by atoms with Crippen molar-refractivity contribution in [3.63, 3.8) is 0 Å². The Bertz CT molecular complexity index is 1490. The van der Waals surface area contributed by atoms with Gasteiger partial charge in [0.25, 0.3) is 5.56 Å². The Labute approximate surface area is 213 Å². The Hall–Kier alpha value is -3.13. The highest BCUT2D eigenvalue weighted by Gasteiger charge is 2.39. The molecule has 6 rings (SSSR count). The third kappa shape index (κ3) is 3.97. The summed E-state index contributed by atoms with van der Waals surface area (Å²) in [6.07, 6.45) is 7.67. The summed E-state index contributed by atoms with van der Waals surface area (Å²) in [5, 5.41) is 11.9. The molecule has 3 aliphatic rings. The molecule has 0 saturated heterocycles. The second-order valence-corrected chi connectivity index (χ2v) is 10.8. The third-order valence-corrected chi connectivity index (χ3v) is 8.63. The van der Waals surface area contributed by atoms with Crippen LogP contribution in [0.3, 0.4) is 0 Å². The highest BCUT2D eigenvalue weighted by molar-refractivity contribution is 5.88. The predicted molar refractivity (Wildman–Crippen MR) is 134 cm³/mol. The number of nitrogens with zero attached hydrogens (tertiary/aromatic N) is 2. The Kier molecular flexibility index (Phi) is 5.90. The van der Waals surface area contributed by atoms with Crippen LogP contribution in [0, 0.1) is 17.6 Å². The maximum Gasteiger partial charge on any atom is 0.309 e. The summed E-state index contributed by atoms with van der Waals surface area (Å²) in [5.74, 6) is -1.85. The zero-order chi connectivity index (χ0) is 25.9. The van der Waals surface area contributed by atoms with Gasteiger partial charge in [-0.3, -0.25) is 9.59 Å². The molecule has 2 aliphatic heterocycles. The van der Waals surface area contributed by atoms with Gasteiger partial charge in [0.2, 0.25) is 0 Å². The minimum absolute atomic E-state index is 0.202. The number of pyridine rings is 2. The second-order valence-electron chi connectivity index (χ2n) is 10.8. The standard InChI is InChI=1S/C29H30F2N2O4/c1-2-29(36)13-26(34)37-15-20-21(29)11-25-27-19(14-33(25)28(20)35)17(9-8-16-6-4-3-5-7-16)18-10-22(30)23(31)12-24(18)32-27/h10-12,16,36H,2-9,13-15H2,1H3/t29-/m1/s1. The summed E-state index contributed by atoms with van der Waals surface area (Å²) in [7, 11) is 0. The lowest BCUT2D eigenvalue weighted by Crippen LogP contribution is -2.32. The van der Waals surface area contributed by atoms with Gasteiger partial charge in [0.15, 0.2) is 11.6 Å². The summed E-state index contributed by atoms with van der Waals surface area (Å²) >= 11 is 0. The van der Waals surface area contributed by atoms with E-state index in [2.05, 4.69) is 0 Å². The lowest BCUT2D eigenvalue weighted by molar-refractivity contribution is -0.149. The summed E-state index contributed by atoms with van der Waals surface area (Å²) < 4.78 is 35.5. The van der Waals surface area contributed by atoms with Crippen molar-refractivity contribution < 1.29 is 23.4 Å². The fraction of sp³-hybridized carbons (Fsp3) is 0.483. The predicted octanol–water partition coefficient (Wildman–Crippen LogP) is 5.26. The highest BCUT2D eigenvalue weighted by atomic mass is 19.2. The molecule has 1 fully saturated rings. The van der Waals surface area contributed by atoms with E-state index < -0.39 is 23.2 Å². The number of hydrogen-bond acceptors (Lipinski definition) is 5. The number of fused-ring (bicyclic) bond motifs is 5. The zero-order valence-electron chi connectivity index (χ0n) is 20.9. The highest BCUT2D eigenvalue weighted by Crippen LogP contribution is 2.41. The van der Waals surface area contributed by atoms with E-state index in [0.717, 1.165) is 23.6 Å². The number of carbonyl (C=O) groups is 1. The molecule has 1 aliphatic carbocycles. The normalized spacial score (nSPS) is 21.4. The summed E-state index contributed by atoms with van der Waals surface area (Å²) in [4.78, 5) is 30.6. The first-order chi connectivity index (χ1) is 17.8. The van der Waals surface area contributed by atoms with Crippen LogP contribution in [-0.4, -0.2) is 20.6 Å². The second kappa shape index (κ2) is 9.01. The number of rotatable bonds is 4. The van der Waals surface area contributed by atoms with Gasteiger partial charge in [0.05, 0.1) is 35.4 Å². The van der Waals surface area contributed by atoms with E-state index in [4.69, 9.17) is 9.72 Å². The van der Waals surface area contributed by atoms with Crippen molar-refractivity contribution in [1.29, 1.82) is 0 Å². The van der Waals surface area contributed by atoms with Crippen molar-refractivity contribution >= 4 is 16.9 Å². The molecule has 1 atom stereocenters. The van der Waals surface area contributed by atoms with Crippen LogP contribution in [-0.2, 0) is 34.7 Å². The number of benzene rings is 1. The van der Waals surface area contributed by atoms with Gasteiger partial charge in [-0.1, -0.05) is 39.0 Å². The van der Waals surface area contributed by atoms with Gasteiger partial charge in [-0.15, -0.1) is 0 Å². The van der Waals surface area contributed by atoms with E-state index in [0.29, 0.717) is 40.2 Å². The number of halogens is 2. The number of aryl methyl sites for hydroxylation is 1. The maximum atomic E-state index is 14.4. The van der Waals surface area contributed by atoms with Crippen LogP contribution in [0.25, 0.3) is 22.3 Å². The Morgan fingerprint density at radius 3 is 2.62 bits per heavy atom. The van der Waals surface area contributed by atoms with E-state index in [-0.39, 0.29) is 37.1 Å². The molecule has 1 N–H and O–H groups in total. The molecule has 0 radical (unpaired) electrons. The topological polar surface area (TPSA) is 81.4 Å². The number of esters is 1. The molecule has 1 saturated carbocycles. The minimum atomic E-state index is -1.53. The number of ether oxygens (including phenoxy) is 1. The largest absolute Gasteiger partial charge is 0.460 e. The van der Waals surface area contributed by atoms with Crippen LogP contribution in [0.5, 0.6) is 0 Å². The van der Waals surface area contributed by atoms with Gasteiger partial charge in [0.1, 0.15) is 12.2 Å². The number of carbonyl (C=O) groups excluding carboxylic acids is 1. The van der Waals surface area contributed by atoms with Crippen molar-refractivity contribution in [3.05, 3.63) is 62.4 Å². The Morgan fingerprint density at radius 2 is 1.86 bits per heavy atom. The monoisotopic (exact) mass is 508 g/mol. The van der Waals surface area contributed by atoms with Gasteiger partial charge in [0, 0.05) is 17.0 Å². The molecular weight excluding hydrogens is 478 g/mol. The average Bonchev–Trinajstić information content (AvgIpc) is 3.19. The van der Waals surface area contributed by atoms with Crippen molar-refractivity contribution in [2.24, 2.45) is 5.92 Å². The van der Waals surface area contributed by atoms with Crippen molar-refractivity contribution in [2.45, 2.75) is 83.5 Å². The van der Waals surface area contributed by atoms with E-state index in [9.17, 15) is 23.5 Å². The minimum Gasteiger partial charge on any atom is -0.460 e. The van der Waals surface area contributed by atoms with Crippen LogP contribution in [0.2, 0.25) is 0 Å². The molecule has 0 amide bonds. The van der Waals surface area contributed by atoms with Gasteiger partial charge < -0.3 is 14.4 Å². The quantitative estimate of drug-likeness (QED) is 0.380. The van der Waals surface area contributed by atoms with Gasteiger partial charge >= 0.3 is 5.97 Å².